The fourth-order valence-corrected chi connectivity index (χ4v) is 6.25. The maximum absolute atomic E-state index is 13.4. The second-order valence-corrected chi connectivity index (χ2v) is 11.0. The summed E-state index contributed by atoms with van der Waals surface area (Å²) in [6.07, 6.45) is 3.85. The third-order valence-corrected chi connectivity index (χ3v) is 8.33. The zero-order valence-electron chi connectivity index (χ0n) is 19.3. The summed E-state index contributed by atoms with van der Waals surface area (Å²) in [6, 6.07) is 9.41. The summed E-state index contributed by atoms with van der Waals surface area (Å²) < 4.78 is 4.00. The molecule has 9 nitrogen and oxygen atoms in total. The topological polar surface area (TPSA) is 120 Å². The number of aryl methyl sites for hydroxylation is 1. The van der Waals surface area contributed by atoms with E-state index < -0.39 is 0 Å². The molecule has 0 bridgehead atoms. The van der Waals surface area contributed by atoms with E-state index in [-0.39, 0.29) is 22.6 Å². The number of rotatable bonds is 7. The highest BCUT2D eigenvalue weighted by molar-refractivity contribution is 7.98. The molecule has 0 radical (unpaired) electrons. The van der Waals surface area contributed by atoms with Gasteiger partial charge in [-0.3, -0.25) is 14.3 Å². The van der Waals surface area contributed by atoms with Crippen molar-refractivity contribution < 1.29 is 9.59 Å². The van der Waals surface area contributed by atoms with Crippen LogP contribution in [0.5, 0.6) is 0 Å². The van der Waals surface area contributed by atoms with Crippen molar-refractivity contribution in [3.8, 4) is 6.07 Å². The fraction of sp³-hybridized carbons (Fsp3) is 0.500. The molecule has 1 saturated carbocycles. The number of amides is 2. The van der Waals surface area contributed by atoms with Crippen molar-refractivity contribution in [2.75, 3.05) is 26.2 Å². The summed E-state index contributed by atoms with van der Waals surface area (Å²) in [5.74, 6) is -0.338. The average molecular weight is 480 g/mol. The molecule has 3 aliphatic rings. The Kier molecular flexibility index (Phi) is 6.10. The Bertz CT molecular complexity index is 1150. The Hall–Kier alpha value is -2.87. The Morgan fingerprint density at radius 2 is 2.09 bits per heavy atom. The van der Waals surface area contributed by atoms with Crippen LogP contribution in [-0.4, -0.2) is 67.8 Å². The van der Waals surface area contributed by atoms with Crippen molar-refractivity contribution in [1.82, 2.24) is 24.3 Å². The van der Waals surface area contributed by atoms with E-state index in [1.807, 2.05) is 29.0 Å². The molecule has 2 aromatic rings. The molecule has 2 aliphatic heterocycles. The lowest BCUT2D eigenvalue weighted by atomic mass is 10.0. The molecule has 3 N–H and O–H groups in total. The van der Waals surface area contributed by atoms with E-state index in [2.05, 4.69) is 20.8 Å². The minimum atomic E-state index is -0.290. The first-order valence-electron chi connectivity index (χ1n) is 11.7. The SMILES string of the molecule is Cn1nc(C(=O)NCc2ccc(C#N)cc2)c2c1C(=O)N(CC1(SN3CC[C@@H](N)C3)CC1)CC2. The summed E-state index contributed by atoms with van der Waals surface area (Å²) in [5, 5.41) is 16.2. The molecule has 3 heterocycles. The van der Waals surface area contributed by atoms with Crippen LogP contribution >= 0.6 is 11.9 Å². The Morgan fingerprint density at radius 3 is 2.74 bits per heavy atom. The lowest BCUT2D eigenvalue weighted by Crippen LogP contribution is -2.43. The zero-order valence-corrected chi connectivity index (χ0v) is 20.1. The number of hydrogen-bond acceptors (Lipinski definition) is 7. The van der Waals surface area contributed by atoms with E-state index in [0.717, 1.165) is 43.5 Å². The molecular formula is C24H29N7O2S. The van der Waals surface area contributed by atoms with E-state index >= 15 is 0 Å². The first-order valence-corrected chi connectivity index (χ1v) is 12.5. The van der Waals surface area contributed by atoms with Gasteiger partial charge in [0.15, 0.2) is 5.69 Å². The first-order chi connectivity index (χ1) is 16.4. The molecule has 0 spiro atoms. The maximum atomic E-state index is 13.4. The number of aromatic nitrogens is 2. The van der Waals surface area contributed by atoms with Crippen LogP contribution in [0.4, 0.5) is 0 Å². The largest absolute Gasteiger partial charge is 0.347 e. The predicted octanol–water partition coefficient (Wildman–Crippen LogP) is 1.43. The van der Waals surface area contributed by atoms with Crippen molar-refractivity contribution in [3.63, 3.8) is 0 Å². The van der Waals surface area contributed by atoms with Gasteiger partial charge in [-0.15, -0.1) is 0 Å². The van der Waals surface area contributed by atoms with Crippen molar-refractivity contribution in [3.05, 3.63) is 52.3 Å². The van der Waals surface area contributed by atoms with Gasteiger partial charge in [-0.25, -0.2) is 4.31 Å². The number of nitrogens with one attached hydrogen (secondary N) is 1. The summed E-state index contributed by atoms with van der Waals surface area (Å²) in [6.45, 7) is 3.56. The molecule has 5 rings (SSSR count). The summed E-state index contributed by atoms with van der Waals surface area (Å²) in [7, 11) is 1.73. The normalized spacial score (nSPS) is 21.3. The second kappa shape index (κ2) is 9.06. The molecule has 1 saturated heterocycles. The van der Waals surface area contributed by atoms with Crippen LogP contribution in [0.25, 0.3) is 0 Å². The van der Waals surface area contributed by atoms with Gasteiger partial charge in [-0.1, -0.05) is 24.1 Å². The van der Waals surface area contributed by atoms with Gasteiger partial charge in [-0.05, 0) is 43.4 Å². The summed E-state index contributed by atoms with van der Waals surface area (Å²) >= 11 is 1.88. The van der Waals surface area contributed by atoms with Crippen molar-refractivity contribution in [1.29, 1.82) is 5.26 Å². The molecule has 1 aromatic carbocycles. The maximum Gasteiger partial charge on any atom is 0.272 e. The van der Waals surface area contributed by atoms with Gasteiger partial charge in [0.2, 0.25) is 0 Å². The van der Waals surface area contributed by atoms with Crippen LogP contribution in [0.1, 0.15) is 56.9 Å². The Morgan fingerprint density at radius 1 is 1.32 bits per heavy atom. The molecule has 1 atom stereocenters. The highest BCUT2D eigenvalue weighted by atomic mass is 32.2. The highest BCUT2D eigenvalue weighted by Crippen LogP contribution is 2.51. The Labute approximate surface area is 203 Å². The van der Waals surface area contributed by atoms with Crippen LogP contribution in [0, 0.1) is 11.3 Å². The molecular weight excluding hydrogens is 450 g/mol. The predicted molar refractivity (Wildman–Crippen MR) is 129 cm³/mol. The van der Waals surface area contributed by atoms with Gasteiger partial charge in [0.05, 0.1) is 11.6 Å². The number of benzene rings is 1. The van der Waals surface area contributed by atoms with Crippen LogP contribution in [0.15, 0.2) is 24.3 Å². The van der Waals surface area contributed by atoms with Crippen LogP contribution in [0.2, 0.25) is 0 Å². The van der Waals surface area contributed by atoms with Crippen molar-refractivity contribution >= 4 is 23.8 Å². The van der Waals surface area contributed by atoms with Gasteiger partial charge in [0.25, 0.3) is 11.8 Å². The summed E-state index contributed by atoms with van der Waals surface area (Å²) in [4.78, 5) is 28.2. The monoisotopic (exact) mass is 479 g/mol. The van der Waals surface area contributed by atoms with E-state index in [9.17, 15) is 9.59 Å². The standard InChI is InChI=1S/C24H29N7O2S/c1-29-21-19(20(28-29)22(32)27-13-17-4-2-16(12-25)3-5-17)7-10-30(23(21)33)15-24(8-9-24)34-31-11-6-18(26)14-31/h2-5,18H,6-11,13-15,26H2,1H3,(H,27,32)/t18-/m1/s1. The third kappa shape index (κ3) is 4.56. The van der Waals surface area contributed by atoms with E-state index in [1.165, 1.54) is 0 Å². The second-order valence-electron chi connectivity index (χ2n) is 9.48. The van der Waals surface area contributed by atoms with Gasteiger partial charge in [-0.2, -0.15) is 10.4 Å². The molecule has 1 aromatic heterocycles. The summed E-state index contributed by atoms with van der Waals surface area (Å²) in [5.41, 5.74) is 9.09. The van der Waals surface area contributed by atoms with E-state index in [0.29, 0.717) is 43.0 Å². The fourth-order valence-electron chi connectivity index (χ4n) is 4.74. The lowest BCUT2D eigenvalue weighted by Gasteiger charge is -2.32. The molecule has 1 aliphatic carbocycles. The van der Waals surface area contributed by atoms with E-state index in [4.69, 9.17) is 11.0 Å². The van der Waals surface area contributed by atoms with Gasteiger partial charge in [0.1, 0.15) is 5.69 Å². The third-order valence-electron chi connectivity index (χ3n) is 6.81. The van der Waals surface area contributed by atoms with Crippen LogP contribution < -0.4 is 11.1 Å². The highest BCUT2D eigenvalue weighted by Gasteiger charge is 2.49. The molecule has 34 heavy (non-hydrogen) atoms. The number of nitriles is 1. The van der Waals surface area contributed by atoms with Crippen LogP contribution in [0.3, 0.4) is 0 Å². The minimum Gasteiger partial charge on any atom is -0.347 e. The quantitative estimate of drug-likeness (QED) is 0.577. The zero-order chi connectivity index (χ0) is 23.9. The molecule has 10 heteroatoms. The number of nitrogens with two attached hydrogens (primary N) is 1. The van der Waals surface area contributed by atoms with Gasteiger partial charge >= 0.3 is 0 Å². The molecule has 2 amide bonds. The van der Waals surface area contributed by atoms with Crippen LogP contribution in [-0.2, 0) is 20.0 Å². The molecule has 0 unspecified atom stereocenters. The number of fused-ring (bicyclic) bond motifs is 1. The van der Waals surface area contributed by atoms with Crippen molar-refractivity contribution in [2.45, 2.75) is 43.0 Å². The molecule has 178 valence electrons. The number of carbonyl (C=O) groups is 2. The number of hydrogen-bond donors (Lipinski definition) is 2. The van der Waals surface area contributed by atoms with E-state index in [1.54, 1.807) is 23.9 Å². The average Bonchev–Trinajstić information content (AvgIpc) is 3.32. The smallest absolute Gasteiger partial charge is 0.272 e. The number of nitrogens with zero attached hydrogens (tertiary/aromatic N) is 5. The number of carbonyl (C=O) groups excluding carboxylic acids is 2. The minimum absolute atomic E-state index is 0.0487. The van der Waals surface area contributed by atoms with Gasteiger partial charge in [0, 0.05) is 56.1 Å². The van der Waals surface area contributed by atoms with Crippen molar-refractivity contribution in [2.24, 2.45) is 12.8 Å². The lowest BCUT2D eigenvalue weighted by molar-refractivity contribution is 0.0725. The Balaban J connectivity index is 1.24. The first kappa shape index (κ1) is 22.9. The molecule has 2 fully saturated rings. The van der Waals surface area contributed by atoms with Gasteiger partial charge < -0.3 is 16.0 Å².